The Morgan fingerprint density at radius 3 is 2.54 bits per heavy atom. The molecule has 24 heavy (non-hydrogen) atoms. The number of aryl methyl sites for hydroxylation is 2. The largest absolute Gasteiger partial charge is 0.462 e. The highest BCUT2D eigenvalue weighted by molar-refractivity contribution is 6.01. The van der Waals surface area contributed by atoms with Crippen LogP contribution in [0.5, 0.6) is 0 Å². The van der Waals surface area contributed by atoms with Crippen molar-refractivity contribution in [2.24, 2.45) is 5.92 Å². The number of rotatable bonds is 5. The van der Waals surface area contributed by atoms with Gasteiger partial charge in [0.15, 0.2) is 5.82 Å². The Morgan fingerprint density at radius 2 is 1.96 bits per heavy atom. The van der Waals surface area contributed by atoms with Crippen LogP contribution in [0.3, 0.4) is 0 Å². The molecule has 2 aromatic rings. The van der Waals surface area contributed by atoms with Crippen molar-refractivity contribution in [2.45, 2.75) is 33.6 Å². The molecular weight excluding hydrogens is 310 g/mol. The van der Waals surface area contributed by atoms with E-state index in [1.54, 1.807) is 6.92 Å². The van der Waals surface area contributed by atoms with Gasteiger partial charge in [-0.15, -0.1) is 0 Å². The van der Waals surface area contributed by atoms with Crippen LogP contribution in [0.2, 0.25) is 0 Å². The van der Waals surface area contributed by atoms with Gasteiger partial charge in [0.1, 0.15) is 5.56 Å². The van der Waals surface area contributed by atoms with Crippen LogP contribution in [-0.2, 0) is 9.53 Å². The fraction of sp³-hybridized carbons (Fsp3) is 0.438. The third-order valence-corrected chi connectivity index (χ3v) is 3.61. The highest BCUT2D eigenvalue weighted by Gasteiger charge is 2.32. The van der Waals surface area contributed by atoms with Crippen molar-refractivity contribution >= 4 is 17.7 Å². The number of hydrogen-bond donors (Lipinski definition) is 1. The lowest BCUT2D eigenvalue weighted by Gasteiger charge is -2.10. The van der Waals surface area contributed by atoms with E-state index in [2.05, 4.69) is 20.4 Å². The summed E-state index contributed by atoms with van der Waals surface area (Å²) in [6.07, 6.45) is 3.07. The summed E-state index contributed by atoms with van der Waals surface area (Å²) >= 11 is 0. The van der Waals surface area contributed by atoms with Crippen LogP contribution in [0.15, 0.2) is 12.3 Å². The molecule has 0 atom stereocenters. The maximum absolute atomic E-state index is 12.2. The van der Waals surface area contributed by atoms with Crippen LogP contribution in [-0.4, -0.2) is 38.2 Å². The quantitative estimate of drug-likeness (QED) is 0.840. The van der Waals surface area contributed by atoms with E-state index in [9.17, 15) is 9.59 Å². The Morgan fingerprint density at radius 1 is 1.29 bits per heavy atom. The van der Waals surface area contributed by atoms with E-state index < -0.39 is 5.97 Å². The van der Waals surface area contributed by atoms with Gasteiger partial charge in [-0.3, -0.25) is 4.79 Å². The number of esters is 1. The van der Waals surface area contributed by atoms with Crippen molar-refractivity contribution in [3.8, 4) is 5.95 Å². The van der Waals surface area contributed by atoms with Gasteiger partial charge in [0.05, 0.1) is 12.8 Å². The highest BCUT2D eigenvalue weighted by atomic mass is 16.5. The summed E-state index contributed by atoms with van der Waals surface area (Å²) in [4.78, 5) is 33.0. The molecular formula is C16H19N5O3. The summed E-state index contributed by atoms with van der Waals surface area (Å²) in [6.45, 7) is 5.64. The third-order valence-electron chi connectivity index (χ3n) is 3.61. The van der Waals surface area contributed by atoms with E-state index in [0.717, 1.165) is 24.2 Å². The van der Waals surface area contributed by atoms with Gasteiger partial charge < -0.3 is 10.1 Å². The van der Waals surface area contributed by atoms with E-state index >= 15 is 0 Å². The topological polar surface area (TPSA) is 99.0 Å². The number of anilines is 1. The lowest BCUT2D eigenvalue weighted by Crippen LogP contribution is -2.20. The molecule has 0 unspecified atom stereocenters. The Balaban J connectivity index is 2.04. The molecule has 1 amide bonds. The minimum absolute atomic E-state index is 0.0106. The zero-order valence-corrected chi connectivity index (χ0v) is 13.9. The molecule has 1 aliphatic rings. The first-order valence-electron chi connectivity index (χ1n) is 7.88. The van der Waals surface area contributed by atoms with Gasteiger partial charge in [-0.2, -0.15) is 9.78 Å². The second-order valence-corrected chi connectivity index (χ2v) is 5.75. The molecule has 3 rings (SSSR count). The molecule has 2 aromatic heterocycles. The van der Waals surface area contributed by atoms with Gasteiger partial charge in [0.2, 0.25) is 5.91 Å². The molecule has 1 N–H and O–H groups in total. The van der Waals surface area contributed by atoms with Crippen molar-refractivity contribution in [1.82, 2.24) is 19.7 Å². The highest BCUT2D eigenvalue weighted by Crippen LogP contribution is 2.31. The molecule has 1 fully saturated rings. The monoisotopic (exact) mass is 329 g/mol. The molecule has 0 saturated heterocycles. The van der Waals surface area contributed by atoms with Crippen LogP contribution in [0.1, 0.15) is 41.5 Å². The molecule has 8 heteroatoms. The van der Waals surface area contributed by atoms with Gasteiger partial charge >= 0.3 is 5.97 Å². The maximum Gasteiger partial charge on any atom is 0.343 e. The third kappa shape index (κ3) is 3.27. The fourth-order valence-corrected chi connectivity index (χ4v) is 2.34. The van der Waals surface area contributed by atoms with Crippen LogP contribution >= 0.6 is 0 Å². The van der Waals surface area contributed by atoms with Gasteiger partial charge in [0.25, 0.3) is 5.95 Å². The lowest BCUT2D eigenvalue weighted by molar-refractivity contribution is -0.117. The molecule has 0 aliphatic heterocycles. The van der Waals surface area contributed by atoms with Crippen LogP contribution in [0, 0.1) is 19.8 Å². The molecule has 8 nitrogen and oxygen atoms in total. The fourth-order valence-electron chi connectivity index (χ4n) is 2.34. The predicted molar refractivity (Wildman–Crippen MR) is 85.9 cm³/mol. The number of carbonyl (C=O) groups excluding carboxylic acids is 2. The summed E-state index contributed by atoms with van der Waals surface area (Å²) in [5, 5.41) is 6.96. The van der Waals surface area contributed by atoms with E-state index in [1.807, 2.05) is 19.9 Å². The zero-order valence-electron chi connectivity index (χ0n) is 13.9. The van der Waals surface area contributed by atoms with Crippen LogP contribution in [0.25, 0.3) is 5.95 Å². The van der Waals surface area contributed by atoms with Gasteiger partial charge in [-0.05, 0) is 39.7 Å². The summed E-state index contributed by atoms with van der Waals surface area (Å²) in [6, 6.07) is 1.84. The summed E-state index contributed by atoms with van der Waals surface area (Å²) in [7, 11) is 0. The number of amides is 1. The number of carbonyl (C=O) groups is 2. The Kier molecular flexibility index (Phi) is 4.28. The number of aromatic nitrogens is 4. The van der Waals surface area contributed by atoms with E-state index in [-0.39, 0.29) is 29.8 Å². The number of ether oxygens (including phenoxy) is 1. The summed E-state index contributed by atoms with van der Waals surface area (Å²) < 4.78 is 6.41. The molecule has 2 heterocycles. The molecule has 0 radical (unpaired) electrons. The zero-order chi connectivity index (χ0) is 17.3. The predicted octanol–water partition coefficient (Wildman–Crippen LogP) is 1.80. The first-order valence-corrected chi connectivity index (χ1v) is 7.88. The van der Waals surface area contributed by atoms with Crippen molar-refractivity contribution in [3.05, 3.63) is 29.2 Å². The van der Waals surface area contributed by atoms with Gasteiger partial charge in [-0.25, -0.2) is 14.8 Å². The normalized spacial score (nSPS) is 13.6. The second kappa shape index (κ2) is 6.38. The molecule has 0 spiro atoms. The number of hydrogen-bond acceptors (Lipinski definition) is 6. The summed E-state index contributed by atoms with van der Waals surface area (Å²) in [5.41, 5.74) is 1.73. The first kappa shape index (κ1) is 16.1. The molecule has 1 saturated carbocycles. The number of nitrogens with one attached hydrogen (secondary N) is 1. The number of nitrogens with zero attached hydrogens (tertiary/aromatic N) is 4. The smallest absolute Gasteiger partial charge is 0.343 e. The second-order valence-electron chi connectivity index (χ2n) is 5.75. The SMILES string of the molecule is CCOC(=O)c1cnn(-c2nc(C)cc(C)n2)c1NC(=O)C1CC1. The average Bonchev–Trinajstić information content (AvgIpc) is 3.28. The minimum Gasteiger partial charge on any atom is -0.462 e. The molecule has 1 aliphatic carbocycles. The van der Waals surface area contributed by atoms with Gasteiger partial charge in [0, 0.05) is 17.3 Å². The van der Waals surface area contributed by atoms with Crippen molar-refractivity contribution in [1.29, 1.82) is 0 Å². The van der Waals surface area contributed by atoms with Crippen molar-refractivity contribution in [3.63, 3.8) is 0 Å². The molecule has 0 aromatic carbocycles. The van der Waals surface area contributed by atoms with Crippen molar-refractivity contribution in [2.75, 3.05) is 11.9 Å². The first-order chi connectivity index (χ1) is 11.5. The molecule has 0 bridgehead atoms. The lowest BCUT2D eigenvalue weighted by atomic mass is 10.3. The van der Waals surface area contributed by atoms with Crippen LogP contribution < -0.4 is 5.32 Å². The maximum atomic E-state index is 12.2. The van der Waals surface area contributed by atoms with E-state index in [1.165, 1.54) is 10.9 Å². The Hall–Kier alpha value is -2.77. The molecule has 126 valence electrons. The van der Waals surface area contributed by atoms with E-state index in [0.29, 0.717) is 5.95 Å². The van der Waals surface area contributed by atoms with Crippen LogP contribution in [0.4, 0.5) is 5.82 Å². The Labute approximate surface area is 139 Å². The summed E-state index contributed by atoms with van der Waals surface area (Å²) in [5.74, 6) is -0.140. The minimum atomic E-state index is -0.542. The average molecular weight is 329 g/mol. The standard InChI is InChI=1S/C16H19N5O3/c1-4-24-15(23)12-8-17-21(13(12)20-14(22)11-5-6-11)16-18-9(2)7-10(3)19-16/h7-8,11H,4-6H2,1-3H3,(H,20,22). The Bertz CT molecular complexity index is 775. The van der Waals surface area contributed by atoms with Gasteiger partial charge in [-0.1, -0.05) is 0 Å². The van der Waals surface area contributed by atoms with Crippen molar-refractivity contribution < 1.29 is 14.3 Å². The van der Waals surface area contributed by atoms with E-state index in [4.69, 9.17) is 4.74 Å².